The van der Waals surface area contributed by atoms with E-state index in [-0.39, 0.29) is 12.5 Å². The van der Waals surface area contributed by atoms with Crippen molar-refractivity contribution in [3.63, 3.8) is 0 Å². The molecule has 1 fully saturated rings. The van der Waals surface area contributed by atoms with Crippen molar-refractivity contribution in [3.8, 4) is 0 Å². The maximum absolute atomic E-state index is 11.7. The fraction of sp³-hybridized carbons (Fsp3) is 0.538. The average Bonchev–Trinajstić information content (AvgIpc) is 2.47. The van der Waals surface area contributed by atoms with E-state index in [1.807, 2.05) is 12.1 Å². The molecular formula is C13H20N4O2. The largest absolute Gasteiger partial charge is 0.396 e. The maximum Gasteiger partial charge on any atom is 0.252 e. The fourth-order valence-corrected chi connectivity index (χ4v) is 2.14. The Hall–Kier alpha value is -1.66. The highest BCUT2D eigenvalue weighted by Crippen LogP contribution is 2.15. The van der Waals surface area contributed by atoms with Gasteiger partial charge in [0.1, 0.15) is 5.82 Å². The molecule has 0 saturated carbocycles. The van der Waals surface area contributed by atoms with Crippen LogP contribution in [0.1, 0.15) is 12.8 Å². The first kappa shape index (κ1) is 13.8. The molecule has 0 spiro atoms. The number of carbonyl (C=O) groups excluding carboxylic acids is 1. The van der Waals surface area contributed by atoms with Gasteiger partial charge in [-0.05, 0) is 44.0 Å². The van der Waals surface area contributed by atoms with Gasteiger partial charge in [0.25, 0.3) is 5.91 Å². The first-order valence-electron chi connectivity index (χ1n) is 6.57. The first-order chi connectivity index (χ1) is 9.28. The van der Waals surface area contributed by atoms with Crippen molar-refractivity contribution < 1.29 is 9.90 Å². The molecule has 19 heavy (non-hydrogen) atoms. The lowest BCUT2D eigenvalue weighted by Crippen LogP contribution is -2.43. The molecule has 0 radical (unpaired) electrons. The topological polar surface area (TPSA) is 77.5 Å². The third kappa shape index (κ3) is 4.50. The van der Waals surface area contributed by atoms with Crippen LogP contribution >= 0.6 is 0 Å². The van der Waals surface area contributed by atoms with Crippen molar-refractivity contribution >= 4 is 11.7 Å². The van der Waals surface area contributed by atoms with Gasteiger partial charge in [-0.25, -0.2) is 4.98 Å². The molecule has 2 heterocycles. The van der Waals surface area contributed by atoms with Crippen molar-refractivity contribution in [1.82, 2.24) is 15.3 Å². The van der Waals surface area contributed by atoms with Crippen LogP contribution in [0.3, 0.4) is 0 Å². The summed E-state index contributed by atoms with van der Waals surface area (Å²) in [5.74, 6) is 0.939. The van der Waals surface area contributed by atoms with Crippen molar-refractivity contribution in [2.45, 2.75) is 12.8 Å². The third-order valence-corrected chi connectivity index (χ3v) is 3.33. The number of anilines is 1. The summed E-state index contributed by atoms with van der Waals surface area (Å²) in [7, 11) is 0. The molecule has 1 amide bonds. The van der Waals surface area contributed by atoms with Gasteiger partial charge in [-0.3, -0.25) is 20.5 Å². The molecule has 6 heteroatoms. The van der Waals surface area contributed by atoms with E-state index in [9.17, 15) is 4.79 Å². The number of aliphatic hydroxyl groups excluding tert-OH is 1. The Morgan fingerprint density at radius 3 is 2.84 bits per heavy atom. The number of carbonyl (C=O) groups is 1. The van der Waals surface area contributed by atoms with E-state index in [0.717, 1.165) is 25.9 Å². The number of likely N-dealkylation sites (tertiary alicyclic amines) is 1. The molecular weight excluding hydrogens is 244 g/mol. The van der Waals surface area contributed by atoms with Gasteiger partial charge in [0.05, 0.1) is 6.54 Å². The Labute approximate surface area is 112 Å². The molecule has 1 saturated heterocycles. The average molecular weight is 264 g/mol. The van der Waals surface area contributed by atoms with Crippen LogP contribution < -0.4 is 10.9 Å². The molecule has 104 valence electrons. The number of rotatable bonds is 5. The number of hydrogen-bond acceptors (Lipinski definition) is 5. The monoisotopic (exact) mass is 264 g/mol. The molecule has 0 bridgehead atoms. The summed E-state index contributed by atoms with van der Waals surface area (Å²) in [6, 6.07) is 5.45. The highest BCUT2D eigenvalue weighted by molar-refractivity contribution is 5.79. The van der Waals surface area contributed by atoms with E-state index in [4.69, 9.17) is 5.11 Å². The number of hydrogen-bond donors (Lipinski definition) is 3. The van der Waals surface area contributed by atoms with Gasteiger partial charge in [-0.1, -0.05) is 6.07 Å². The van der Waals surface area contributed by atoms with Crippen LogP contribution in [0.25, 0.3) is 0 Å². The van der Waals surface area contributed by atoms with Crippen LogP contribution in [0.4, 0.5) is 5.82 Å². The Kier molecular flexibility index (Phi) is 5.11. The van der Waals surface area contributed by atoms with Crippen molar-refractivity contribution in [1.29, 1.82) is 0 Å². The fourth-order valence-electron chi connectivity index (χ4n) is 2.14. The second-order valence-corrected chi connectivity index (χ2v) is 4.79. The van der Waals surface area contributed by atoms with Crippen LogP contribution in [0.2, 0.25) is 0 Å². The molecule has 3 N–H and O–H groups in total. The number of aromatic nitrogens is 1. The highest BCUT2D eigenvalue weighted by Gasteiger charge is 2.19. The molecule has 6 nitrogen and oxygen atoms in total. The molecule has 1 aliphatic rings. The zero-order valence-electron chi connectivity index (χ0n) is 10.9. The number of pyridine rings is 1. The standard InChI is InChI=1S/C13H20N4O2/c18-10-11-4-7-17(8-5-11)9-13(19)16-15-12-3-1-2-6-14-12/h1-3,6,11,18H,4-5,7-10H2,(H,14,15)(H,16,19). The number of piperidine rings is 1. The number of nitrogens with one attached hydrogen (secondary N) is 2. The summed E-state index contributed by atoms with van der Waals surface area (Å²) in [6.07, 6.45) is 3.57. The molecule has 1 aliphatic heterocycles. The predicted octanol–water partition coefficient (Wildman–Crippen LogP) is 0.229. The summed E-state index contributed by atoms with van der Waals surface area (Å²) in [6.45, 7) is 2.35. The Bertz CT molecular complexity index is 391. The van der Waals surface area contributed by atoms with Gasteiger partial charge in [0.2, 0.25) is 0 Å². The van der Waals surface area contributed by atoms with Gasteiger partial charge < -0.3 is 5.11 Å². The third-order valence-electron chi connectivity index (χ3n) is 3.33. The van der Waals surface area contributed by atoms with Crippen LogP contribution in [0.15, 0.2) is 24.4 Å². The highest BCUT2D eigenvalue weighted by atomic mass is 16.3. The number of hydrazine groups is 1. The van der Waals surface area contributed by atoms with Gasteiger partial charge in [-0.15, -0.1) is 0 Å². The lowest BCUT2D eigenvalue weighted by atomic mass is 9.98. The summed E-state index contributed by atoms with van der Waals surface area (Å²) < 4.78 is 0. The van der Waals surface area contributed by atoms with E-state index in [2.05, 4.69) is 20.7 Å². The first-order valence-corrected chi connectivity index (χ1v) is 6.57. The molecule has 2 rings (SSSR count). The van der Waals surface area contributed by atoms with Gasteiger partial charge in [0.15, 0.2) is 0 Å². The van der Waals surface area contributed by atoms with E-state index in [1.54, 1.807) is 12.3 Å². The van der Waals surface area contributed by atoms with Crippen LogP contribution in [0, 0.1) is 5.92 Å². The van der Waals surface area contributed by atoms with Gasteiger partial charge in [0, 0.05) is 12.8 Å². The van der Waals surface area contributed by atoms with Crippen LogP contribution in [0.5, 0.6) is 0 Å². The maximum atomic E-state index is 11.7. The summed E-state index contributed by atoms with van der Waals surface area (Å²) in [4.78, 5) is 17.9. The summed E-state index contributed by atoms with van der Waals surface area (Å²) >= 11 is 0. The Balaban J connectivity index is 1.67. The smallest absolute Gasteiger partial charge is 0.252 e. The minimum Gasteiger partial charge on any atom is -0.396 e. The van der Waals surface area contributed by atoms with E-state index in [0.29, 0.717) is 18.3 Å². The molecule has 0 unspecified atom stereocenters. The zero-order valence-corrected chi connectivity index (χ0v) is 10.9. The van der Waals surface area contributed by atoms with E-state index in [1.165, 1.54) is 0 Å². The summed E-state index contributed by atoms with van der Waals surface area (Å²) in [5, 5.41) is 9.05. The number of amides is 1. The van der Waals surface area contributed by atoms with Crippen LogP contribution in [-0.4, -0.2) is 47.1 Å². The minimum atomic E-state index is -0.0758. The summed E-state index contributed by atoms with van der Waals surface area (Å²) in [5.41, 5.74) is 5.41. The van der Waals surface area contributed by atoms with Crippen molar-refractivity contribution in [2.75, 3.05) is 31.7 Å². The lowest BCUT2D eigenvalue weighted by Gasteiger charge is -2.30. The number of nitrogens with zero attached hydrogens (tertiary/aromatic N) is 2. The normalized spacial score (nSPS) is 17.1. The second kappa shape index (κ2) is 7.06. The minimum absolute atomic E-state index is 0.0758. The van der Waals surface area contributed by atoms with E-state index < -0.39 is 0 Å². The SMILES string of the molecule is O=C(CN1CCC(CO)CC1)NNc1ccccn1. The van der Waals surface area contributed by atoms with Gasteiger partial charge in [-0.2, -0.15) is 0 Å². The van der Waals surface area contributed by atoms with E-state index >= 15 is 0 Å². The van der Waals surface area contributed by atoms with Crippen molar-refractivity contribution in [3.05, 3.63) is 24.4 Å². The number of aliphatic hydroxyl groups is 1. The molecule has 0 aromatic carbocycles. The molecule has 0 aliphatic carbocycles. The molecule has 1 aromatic heterocycles. The predicted molar refractivity (Wildman–Crippen MR) is 72.3 cm³/mol. The Morgan fingerprint density at radius 1 is 1.42 bits per heavy atom. The van der Waals surface area contributed by atoms with Gasteiger partial charge >= 0.3 is 0 Å². The quantitative estimate of drug-likeness (QED) is 0.664. The molecule has 1 aromatic rings. The second-order valence-electron chi connectivity index (χ2n) is 4.79. The van der Waals surface area contributed by atoms with Crippen molar-refractivity contribution in [2.24, 2.45) is 5.92 Å². The Morgan fingerprint density at radius 2 is 2.21 bits per heavy atom. The zero-order chi connectivity index (χ0) is 13.5. The lowest BCUT2D eigenvalue weighted by molar-refractivity contribution is -0.122. The molecule has 0 atom stereocenters. The van der Waals surface area contributed by atoms with Crippen LogP contribution in [-0.2, 0) is 4.79 Å².